The van der Waals surface area contributed by atoms with Crippen molar-refractivity contribution in [2.75, 3.05) is 7.11 Å². The Balaban J connectivity index is -0.000000327. The van der Waals surface area contributed by atoms with Crippen molar-refractivity contribution in [2.24, 2.45) is 5.92 Å². The van der Waals surface area contributed by atoms with Crippen molar-refractivity contribution in [1.82, 2.24) is 0 Å². The van der Waals surface area contributed by atoms with E-state index in [-0.39, 0.29) is 47.0 Å². The van der Waals surface area contributed by atoms with Gasteiger partial charge < -0.3 is 12.3 Å². The summed E-state index contributed by atoms with van der Waals surface area (Å²) in [7, 11) is 1.17. The van der Waals surface area contributed by atoms with Gasteiger partial charge in [-0.1, -0.05) is 19.9 Å². The van der Waals surface area contributed by atoms with E-state index in [9.17, 15) is 14.4 Å². The van der Waals surface area contributed by atoms with Crippen LogP contribution in [-0.4, -0.2) is 62.8 Å². The van der Waals surface area contributed by atoms with Crippen LogP contribution in [0.1, 0.15) is 22.6 Å². The van der Waals surface area contributed by atoms with Gasteiger partial charge in [0, 0.05) is 6.08 Å². The van der Waals surface area contributed by atoms with Crippen LogP contribution in [-0.2, 0) is 23.9 Å². The molecule has 5 nitrogen and oxygen atoms in total. The normalized spacial score (nSPS) is 10.6. The summed E-state index contributed by atoms with van der Waals surface area (Å²) in [5.41, 5.74) is 0. The largest absolute Gasteiger partial charge is 2.00 e. The van der Waals surface area contributed by atoms with Crippen LogP contribution < -0.4 is 0 Å². The molecule has 0 N–H and O–H groups in total. The zero-order valence-corrected chi connectivity index (χ0v) is 11.7. The molecule has 0 saturated heterocycles. The second-order valence-corrected chi connectivity index (χ2v) is 2.81. The Kier molecular flexibility index (Phi) is 11.0. The second kappa shape index (κ2) is 9.81. The van der Waals surface area contributed by atoms with E-state index in [1.807, 2.05) is 0 Å². The fraction of sp³-hybridized carbons (Fsp3) is 0.500. The minimum Gasteiger partial charge on any atom is -1.00 e. The molecule has 0 fully saturated rings. The maximum Gasteiger partial charge on any atom is 2.00 e. The molecule has 0 aromatic heterocycles. The number of hydrogen-bond acceptors (Lipinski definition) is 5. The molecule has 0 aliphatic heterocycles. The number of hydrogen-bond donors (Lipinski definition) is 0. The molecule has 0 aromatic carbocycles. The van der Waals surface area contributed by atoms with Crippen LogP contribution in [0.2, 0.25) is 0 Å². The van der Waals surface area contributed by atoms with Gasteiger partial charge in [0.25, 0.3) is 0 Å². The molecule has 1 unspecified atom stereocenters. The molecular weight excluding hydrogens is 240 g/mol. The average molecular weight is 256 g/mol. The van der Waals surface area contributed by atoms with Crippen molar-refractivity contribution in [3.05, 3.63) is 12.7 Å². The minimum atomic E-state index is -1.04. The molecule has 0 bridgehead atoms. The molecule has 16 heavy (non-hydrogen) atoms. The fourth-order valence-electron chi connectivity index (χ4n) is 0.975. The van der Waals surface area contributed by atoms with E-state index in [1.165, 1.54) is 7.11 Å². The fourth-order valence-corrected chi connectivity index (χ4v) is 0.975. The van der Waals surface area contributed by atoms with Gasteiger partial charge >= 0.3 is 55.6 Å². The van der Waals surface area contributed by atoms with Crippen LogP contribution in [0.15, 0.2) is 12.7 Å². The first-order valence-electron chi connectivity index (χ1n) is 4.52. The summed E-state index contributed by atoms with van der Waals surface area (Å²) in [5.74, 6) is -3.50. The van der Waals surface area contributed by atoms with Crippen LogP contribution in [0.5, 0.6) is 0 Å². The number of carbonyl (C=O) groups excluding carboxylic acids is 3. The van der Waals surface area contributed by atoms with Crippen molar-refractivity contribution in [3.8, 4) is 0 Å². The first-order chi connectivity index (χ1) is 7.06. The first-order valence-corrected chi connectivity index (χ1v) is 4.52. The maximum absolute atomic E-state index is 11.3. The standard InChI is InChI=1S/C10H14O5.Ca.2H/c1-4-6-7(9(12)14-3)10(13)15-8(11)5-2;;;/h5,7H,2,4,6H2,1,3H3;;;/q;+2;2*-1. The predicted molar refractivity (Wildman–Crippen MR) is 59.7 cm³/mol. The first kappa shape index (κ1) is 18.0. The minimum absolute atomic E-state index is 0. The number of ether oxygens (including phenoxy) is 2. The van der Waals surface area contributed by atoms with Gasteiger partial charge in [-0.15, -0.1) is 0 Å². The zero-order valence-electron chi connectivity index (χ0n) is 11.5. The van der Waals surface area contributed by atoms with Crippen LogP contribution in [0, 0.1) is 5.92 Å². The molecule has 6 heteroatoms. The molecule has 1 atom stereocenters. The summed E-state index contributed by atoms with van der Waals surface area (Å²) in [6, 6.07) is 0. The number of carbonyl (C=O) groups is 3. The van der Waals surface area contributed by atoms with Crippen LogP contribution in [0.3, 0.4) is 0 Å². The number of rotatable bonds is 5. The van der Waals surface area contributed by atoms with Gasteiger partial charge in [-0.2, -0.15) is 0 Å². The molecule has 0 rings (SSSR count). The molecule has 0 aliphatic carbocycles. The zero-order chi connectivity index (χ0) is 11.8. The quantitative estimate of drug-likeness (QED) is 0.313. The summed E-state index contributed by atoms with van der Waals surface area (Å²) in [6.07, 6.45) is 1.76. The Morgan fingerprint density at radius 1 is 1.38 bits per heavy atom. The van der Waals surface area contributed by atoms with E-state index in [1.54, 1.807) is 6.92 Å². The summed E-state index contributed by atoms with van der Waals surface area (Å²) < 4.78 is 8.76. The van der Waals surface area contributed by atoms with Crippen molar-refractivity contribution in [3.63, 3.8) is 0 Å². The smallest absolute Gasteiger partial charge is 1.00 e. The molecule has 0 aromatic rings. The van der Waals surface area contributed by atoms with E-state index in [4.69, 9.17) is 0 Å². The van der Waals surface area contributed by atoms with Gasteiger partial charge in [0.2, 0.25) is 0 Å². The van der Waals surface area contributed by atoms with Gasteiger partial charge in [0.1, 0.15) is 0 Å². The molecule has 0 heterocycles. The molecule has 0 spiro atoms. The van der Waals surface area contributed by atoms with Gasteiger partial charge in [-0.05, 0) is 6.42 Å². The van der Waals surface area contributed by atoms with Crippen molar-refractivity contribution < 1.29 is 26.7 Å². The van der Waals surface area contributed by atoms with E-state index in [2.05, 4.69) is 16.1 Å². The van der Waals surface area contributed by atoms with Crippen molar-refractivity contribution in [2.45, 2.75) is 19.8 Å². The third-order valence-electron chi connectivity index (χ3n) is 1.72. The summed E-state index contributed by atoms with van der Waals surface area (Å²) in [5, 5.41) is 0. The third kappa shape index (κ3) is 6.25. The van der Waals surface area contributed by atoms with Crippen LogP contribution >= 0.6 is 0 Å². The van der Waals surface area contributed by atoms with Gasteiger partial charge in [-0.25, -0.2) is 4.79 Å². The summed E-state index contributed by atoms with van der Waals surface area (Å²) in [6.45, 7) is 4.95. The van der Waals surface area contributed by atoms with E-state index >= 15 is 0 Å². The van der Waals surface area contributed by atoms with E-state index in [0.717, 1.165) is 6.08 Å². The Morgan fingerprint density at radius 2 is 1.94 bits per heavy atom. The Bertz CT molecular complexity index is 283. The number of methoxy groups -OCH3 is 1. The Hall–Kier alpha value is -0.390. The average Bonchev–Trinajstić information content (AvgIpc) is 2.24. The van der Waals surface area contributed by atoms with Gasteiger partial charge in [0.05, 0.1) is 7.11 Å². The molecule has 0 amide bonds. The second-order valence-electron chi connectivity index (χ2n) is 2.81. The molecule has 0 aliphatic rings. The van der Waals surface area contributed by atoms with Crippen LogP contribution in [0.4, 0.5) is 0 Å². The molecule has 0 radical (unpaired) electrons. The van der Waals surface area contributed by atoms with Crippen molar-refractivity contribution >= 4 is 55.6 Å². The maximum atomic E-state index is 11.3. The summed E-state index contributed by atoms with van der Waals surface area (Å²) in [4.78, 5) is 33.2. The SMILES string of the molecule is C=CC(=O)OC(=O)C(CCC)C(=O)OC.[Ca+2].[H-].[H-]. The molecule has 0 saturated carbocycles. The molecular formula is C10H16CaO5. The van der Waals surface area contributed by atoms with Gasteiger partial charge in [-0.3, -0.25) is 9.59 Å². The molecule has 88 valence electrons. The monoisotopic (exact) mass is 256 g/mol. The summed E-state index contributed by atoms with van der Waals surface area (Å²) >= 11 is 0. The Labute approximate surface area is 127 Å². The topological polar surface area (TPSA) is 69.7 Å². The van der Waals surface area contributed by atoms with E-state index < -0.39 is 23.8 Å². The van der Waals surface area contributed by atoms with Crippen LogP contribution in [0.25, 0.3) is 0 Å². The predicted octanol–water partition coefficient (Wildman–Crippen LogP) is 0.676. The third-order valence-corrected chi connectivity index (χ3v) is 1.72. The Morgan fingerprint density at radius 3 is 2.31 bits per heavy atom. The van der Waals surface area contributed by atoms with Crippen molar-refractivity contribution in [1.29, 1.82) is 0 Å². The number of esters is 3. The van der Waals surface area contributed by atoms with E-state index in [0.29, 0.717) is 6.42 Å². The van der Waals surface area contributed by atoms with Gasteiger partial charge in [0.15, 0.2) is 5.92 Å².